The summed E-state index contributed by atoms with van der Waals surface area (Å²) in [7, 11) is 2.93. The van der Waals surface area contributed by atoms with Crippen molar-refractivity contribution in [1.82, 2.24) is 18.7 Å². The van der Waals surface area contributed by atoms with Crippen LogP contribution in [-0.2, 0) is 25.4 Å². The summed E-state index contributed by atoms with van der Waals surface area (Å²) in [5.41, 5.74) is 3.87. The van der Waals surface area contributed by atoms with E-state index in [-0.39, 0.29) is 30.3 Å². The van der Waals surface area contributed by atoms with E-state index in [1.807, 2.05) is 37.3 Å². The van der Waals surface area contributed by atoms with Crippen molar-refractivity contribution in [3.05, 3.63) is 69.4 Å². The number of ether oxygens (including phenoxy) is 1. The van der Waals surface area contributed by atoms with Crippen molar-refractivity contribution < 1.29 is 9.84 Å². The molecule has 0 bridgehead atoms. The van der Waals surface area contributed by atoms with E-state index in [0.717, 1.165) is 10.1 Å². The second kappa shape index (κ2) is 9.54. The Labute approximate surface area is 178 Å². The first-order chi connectivity index (χ1) is 14.8. The maximum Gasteiger partial charge on any atom is 0.332 e. The molecule has 3 rings (SSSR count). The van der Waals surface area contributed by atoms with Gasteiger partial charge >= 0.3 is 5.69 Å². The molecule has 164 valence electrons. The minimum Gasteiger partial charge on any atom is -0.389 e. The van der Waals surface area contributed by atoms with Crippen LogP contribution in [0.25, 0.3) is 11.2 Å². The summed E-state index contributed by atoms with van der Waals surface area (Å²) in [5.74, 6) is 0.228. The molecule has 10 heteroatoms. The second-order valence-corrected chi connectivity index (χ2v) is 7.08. The zero-order chi connectivity index (χ0) is 22.5. The molecular weight excluding hydrogens is 400 g/mol. The van der Waals surface area contributed by atoms with Gasteiger partial charge in [-0.1, -0.05) is 36.4 Å². The zero-order valence-corrected chi connectivity index (χ0v) is 17.8. The van der Waals surface area contributed by atoms with E-state index in [0.29, 0.717) is 12.3 Å². The number of hydrazone groups is 1. The lowest BCUT2D eigenvalue weighted by Crippen LogP contribution is -2.38. The molecule has 0 spiro atoms. The summed E-state index contributed by atoms with van der Waals surface area (Å²) in [5, 5.41) is 14.8. The monoisotopic (exact) mass is 426 g/mol. The Kier molecular flexibility index (Phi) is 6.83. The molecule has 0 radical (unpaired) electrons. The molecule has 2 N–H and O–H groups in total. The molecule has 31 heavy (non-hydrogen) atoms. The highest BCUT2D eigenvalue weighted by Crippen LogP contribution is 2.17. The van der Waals surface area contributed by atoms with Gasteiger partial charge in [0.05, 0.1) is 31.6 Å². The van der Waals surface area contributed by atoms with E-state index in [9.17, 15) is 14.7 Å². The van der Waals surface area contributed by atoms with Crippen molar-refractivity contribution in [2.24, 2.45) is 19.2 Å². The number of nitrogens with one attached hydrogen (secondary N) is 1. The van der Waals surface area contributed by atoms with Crippen molar-refractivity contribution in [1.29, 1.82) is 0 Å². The van der Waals surface area contributed by atoms with Crippen molar-refractivity contribution in [3.63, 3.8) is 0 Å². The number of aromatic nitrogens is 4. The lowest BCUT2D eigenvalue weighted by molar-refractivity contribution is 0.0405. The van der Waals surface area contributed by atoms with Gasteiger partial charge < -0.3 is 14.4 Å². The van der Waals surface area contributed by atoms with Crippen LogP contribution in [-0.4, -0.2) is 48.8 Å². The van der Waals surface area contributed by atoms with Crippen molar-refractivity contribution >= 4 is 22.8 Å². The molecule has 1 aromatic carbocycles. The van der Waals surface area contributed by atoms with E-state index in [1.165, 1.54) is 23.2 Å². The highest BCUT2D eigenvalue weighted by atomic mass is 16.5. The van der Waals surface area contributed by atoms with Gasteiger partial charge in [0.2, 0.25) is 5.95 Å². The van der Waals surface area contributed by atoms with Crippen molar-refractivity contribution in [2.75, 3.05) is 18.6 Å². The number of aliphatic hydroxyl groups is 1. The Hall–Kier alpha value is -3.50. The largest absolute Gasteiger partial charge is 0.389 e. The Morgan fingerprint density at radius 3 is 2.68 bits per heavy atom. The van der Waals surface area contributed by atoms with Gasteiger partial charge in [-0.3, -0.25) is 13.9 Å². The number of fused-ring (bicyclic) bond motifs is 1. The van der Waals surface area contributed by atoms with Crippen LogP contribution in [0.1, 0.15) is 12.5 Å². The average Bonchev–Trinajstić information content (AvgIpc) is 3.13. The van der Waals surface area contributed by atoms with Crippen LogP contribution < -0.4 is 16.7 Å². The number of aliphatic hydroxyl groups excluding tert-OH is 1. The number of aryl methyl sites for hydroxylation is 1. The van der Waals surface area contributed by atoms with E-state index in [4.69, 9.17) is 4.74 Å². The van der Waals surface area contributed by atoms with Crippen LogP contribution in [0.15, 0.2) is 57.7 Å². The molecule has 1 atom stereocenters. The maximum atomic E-state index is 12.8. The third-order valence-electron chi connectivity index (χ3n) is 4.80. The molecule has 2 aromatic heterocycles. The fourth-order valence-electron chi connectivity index (χ4n) is 3.14. The van der Waals surface area contributed by atoms with Crippen LogP contribution in [0, 0.1) is 0 Å². The zero-order valence-electron chi connectivity index (χ0n) is 17.8. The SMILES string of the molecule is C=CCOCC(O)Cn1c(N/N=C(\C)c2ccccc2)nc2c1c(=O)n(C)c(=O)n2C. The smallest absolute Gasteiger partial charge is 0.332 e. The first-order valence-corrected chi connectivity index (χ1v) is 9.73. The Bertz CT molecular complexity index is 1220. The fraction of sp³-hybridized carbons (Fsp3) is 0.333. The molecule has 0 aliphatic carbocycles. The fourth-order valence-corrected chi connectivity index (χ4v) is 3.14. The number of nitrogens with zero attached hydrogens (tertiary/aromatic N) is 5. The molecule has 0 aliphatic rings. The van der Waals surface area contributed by atoms with Crippen LogP contribution >= 0.6 is 0 Å². The third kappa shape index (κ3) is 4.65. The quantitative estimate of drug-likeness (QED) is 0.227. The highest BCUT2D eigenvalue weighted by Gasteiger charge is 2.21. The number of hydrogen-bond acceptors (Lipinski definition) is 7. The molecule has 0 fully saturated rings. The number of rotatable bonds is 9. The third-order valence-corrected chi connectivity index (χ3v) is 4.80. The van der Waals surface area contributed by atoms with Gasteiger partial charge in [0.15, 0.2) is 11.2 Å². The first kappa shape index (κ1) is 22.2. The average molecular weight is 426 g/mol. The summed E-state index contributed by atoms with van der Waals surface area (Å²) in [6.45, 7) is 5.76. The number of hydrogen-bond donors (Lipinski definition) is 2. The molecular formula is C21H26N6O4. The second-order valence-electron chi connectivity index (χ2n) is 7.08. The molecule has 10 nitrogen and oxygen atoms in total. The van der Waals surface area contributed by atoms with E-state index in [1.54, 1.807) is 6.08 Å². The first-order valence-electron chi connectivity index (χ1n) is 9.73. The molecule has 0 saturated heterocycles. The number of anilines is 1. The van der Waals surface area contributed by atoms with E-state index in [2.05, 4.69) is 22.1 Å². The van der Waals surface area contributed by atoms with E-state index >= 15 is 0 Å². The molecule has 2 heterocycles. The minimum atomic E-state index is -0.918. The van der Waals surface area contributed by atoms with Gasteiger partial charge in [-0.2, -0.15) is 10.1 Å². The minimum absolute atomic E-state index is 0.0172. The lowest BCUT2D eigenvalue weighted by atomic mass is 10.1. The van der Waals surface area contributed by atoms with Crippen LogP contribution in [0.2, 0.25) is 0 Å². The number of benzene rings is 1. The van der Waals surface area contributed by atoms with Crippen LogP contribution in [0.5, 0.6) is 0 Å². The molecule has 0 aliphatic heterocycles. The van der Waals surface area contributed by atoms with Crippen molar-refractivity contribution in [3.8, 4) is 0 Å². The summed E-state index contributed by atoms with van der Waals surface area (Å²) < 4.78 is 9.11. The van der Waals surface area contributed by atoms with Gasteiger partial charge in [0, 0.05) is 14.1 Å². The molecule has 1 unspecified atom stereocenters. The maximum absolute atomic E-state index is 12.8. The summed E-state index contributed by atoms with van der Waals surface area (Å²) in [6.07, 6.45) is 0.665. The summed E-state index contributed by atoms with van der Waals surface area (Å²) in [6, 6.07) is 9.56. The number of imidazole rings is 1. The van der Waals surface area contributed by atoms with Gasteiger partial charge in [0.25, 0.3) is 5.56 Å². The van der Waals surface area contributed by atoms with Crippen LogP contribution in [0.3, 0.4) is 0 Å². The highest BCUT2D eigenvalue weighted by molar-refractivity contribution is 5.99. The summed E-state index contributed by atoms with van der Waals surface area (Å²) in [4.78, 5) is 29.6. The van der Waals surface area contributed by atoms with E-state index < -0.39 is 17.4 Å². The van der Waals surface area contributed by atoms with Crippen molar-refractivity contribution in [2.45, 2.75) is 19.6 Å². The molecule has 0 amide bonds. The lowest BCUT2D eigenvalue weighted by Gasteiger charge is -2.14. The van der Waals surface area contributed by atoms with Gasteiger partial charge in [-0.05, 0) is 12.5 Å². The molecule has 0 saturated carbocycles. The standard InChI is InChI=1S/C21H26N6O4/c1-5-11-31-13-16(28)12-27-17-18(25(3)21(30)26(4)19(17)29)22-20(27)24-23-14(2)15-9-7-6-8-10-15/h5-10,16,28H,1,11-13H2,2-4H3,(H,22,24)/b23-14+. The Morgan fingerprint density at radius 2 is 2.00 bits per heavy atom. The topological polar surface area (TPSA) is 116 Å². The Balaban J connectivity index is 2.05. The summed E-state index contributed by atoms with van der Waals surface area (Å²) >= 11 is 0. The van der Waals surface area contributed by atoms with Gasteiger partial charge in [0.1, 0.15) is 0 Å². The van der Waals surface area contributed by atoms with Gasteiger partial charge in [-0.15, -0.1) is 6.58 Å². The molecule has 3 aromatic rings. The normalized spacial score (nSPS) is 12.8. The van der Waals surface area contributed by atoms with Gasteiger partial charge in [-0.25, -0.2) is 10.2 Å². The Morgan fingerprint density at radius 1 is 1.29 bits per heavy atom. The predicted octanol–water partition coefficient (Wildman–Crippen LogP) is 0.833. The van der Waals surface area contributed by atoms with Crippen LogP contribution in [0.4, 0.5) is 5.95 Å². The predicted molar refractivity (Wildman–Crippen MR) is 120 cm³/mol.